The molecule has 0 saturated heterocycles. The van der Waals surface area contributed by atoms with Gasteiger partial charge in [-0.15, -0.1) is 0 Å². The van der Waals surface area contributed by atoms with Crippen LogP contribution in [-0.4, -0.2) is 23.4 Å². The lowest BCUT2D eigenvalue weighted by Crippen LogP contribution is -2.40. The fourth-order valence-corrected chi connectivity index (χ4v) is 2.89. The van der Waals surface area contributed by atoms with Crippen molar-refractivity contribution in [3.8, 4) is 16.9 Å². The number of aliphatic carboxylic acids is 1. The molecule has 2 aromatic rings. The third-order valence-electron chi connectivity index (χ3n) is 3.25. The highest BCUT2D eigenvalue weighted by Gasteiger charge is 2.48. The SMILES string of the molecule is O=C(O)C1=Cc2cc(-c3ccsc3)ccc2OC1C(F)(F)F. The summed E-state index contributed by atoms with van der Waals surface area (Å²) in [7, 11) is 0. The third-order valence-corrected chi connectivity index (χ3v) is 3.93. The van der Waals surface area contributed by atoms with Gasteiger partial charge in [-0.2, -0.15) is 24.5 Å². The molecule has 22 heavy (non-hydrogen) atoms. The number of carboxylic acid groups (broad SMARTS) is 1. The van der Waals surface area contributed by atoms with Crippen molar-refractivity contribution in [1.82, 2.24) is 0 Å². The van der Waals surface area contributed by atoms with Crippen LogP contribution in [0.25, 0.3) is 17.2 Å². The molecule has 0 amide bonds. The van der Waals surface area contributed by atoms with Gasteiger partial charge in [-0.3, -0.25) is 0 Å². The molecule has 3 nitrogen and oxygen atoms in total. The minimum absolute atomic E-state index is 0.0197. The van der Waals surface area contributed by atoms with Crippen LogP contribution in [0.15, 0.2) is 40.6 Å². The number of carbonyl (C=O) groups is 1. The van der Waals surface area contributed by atoms with Crippen LogP contribution in [0.3, 0.4) is 0 Å². The summed E-state index contributed by atoms with van der Waals surface area (Å²) in [6, 6.07) is 6.56. The van der Waals surface area contributed by atoms with E-state index in [1.54, 1.807) is 12.1 Å². The summed E-state index contributed by atoms with van der Waals surface area (Å²) < 4.78 is 43.6. The van der Waals surface area contributed by atoms with E-state index < -0.39 is 23.8 Å². The molecule has 1 unspecified atom stereocenters. The topological polar surface area (TPSA) is 46.5 Å². The molecule has 0 bridgehead atoms. The first-order valence-corrected chi connectivity index (χ1v) is 7.15. The van der Waals surface area contributed by atoms with Crippen LogP contribution < -0.4 is 4.74 Å². The van der Waals surface area contributed by atoms with E-state index in [1.807, 2.05) is 16.8 Å². The lowest BCUT2D eigenvalue weighted by Gasteiger charge is -2.27. The van der Waals surface area contributed by atoms with Crippen LogP contribution >= 0.6 is 11.3 Å². The smallest absolute Gasteiger partial charge is 0.430 e. The third kappa shape index (κ3) is 2.59. The van der Waals surface area contributed by atoms with Crippen LogP contribution in [0.4, 0.5) is 13.2 Å². The number of halogens is 3. The summed E-state index contributed by atoms with van der Waals surface area (Å²) >= 11 is 1.49. The fourth-order valence-electron chi connectivity index (χ4n) is 2.23. The number of rotatable bonds is 2. The Morgan fingerprint density at radius 3 is 2.59 bits per heavy atom. The molecule has 0 radical (unpaired) electrons. The molecule has 3 rings (SSSR count). The highest BCUT2D eigenvalue weighted by molar-refractivity contribution is 7.08. The van der Waals surface area contributed by atoms with E-state index in [0.717, 1.165) is 17.2 Å². The Morgan fingerprint density at radius 1 is 1.23 bits per heavy atom. The van der Waals surface area contributed by atoms with E-state index >= 15 is 0 Å². The predicted molar refractivity (Wildman–Crippen MR) is 75.8 cm³/mol. The Bertz CT molecular complexity index is 748. The van der Waals surface area contributed by atoms with Gasteiger partial charge in [0.25, 0.3) is 0 Å². The molecule has 1 N–H and O–H groups in total. The number of carboxylic acids is 1. The van der Waals surface area contributed by atoms with Gasteiger partial charge in [-0.05, 0) is 46.2 Å². The van der Waals surface area contributed by atoms with Gasteiger partial charge < -0.3 is 9.84 Å². The Balaban J connectivity index is 2.08. The number of fused-ring (bicyclic) bond motifs is 1. The number of ether oxygens (including phenoxy) is 1. The standard InChI is InChI=1S/C15H9F3O3S/c16-15(17,18)13-11(14(19)20)6-10-5-8(1-2-12(10)21-13)9-3-4-22-7-9/h1-7,13H,(H,19,20). The molecular weight excluding hydrogens is 317 g/mol. The Kier molecular flexibility index (Phi) is 3.44. The molecular formula is C15H9F3O3S. The second kappa shape index (κ2) is 5.17. The van der Waals surface area contributed by atoms with Crippen molar-refractivity contribution in [3.05, 3.63) is 46.2 Å². The molecule has 1 aliphatic rings. The molecule has 2 heterocycles. The summed E-state index contributed by atoms with van der Waals surface area (Å²) in [6.07, 6.45) is -6.21. The maximum atomic E-state index is 12.9. The zero-order valence-corrected chi connectivity index (χ0v) is 11.7. The van der Waals surface area contributed by atoms with Crippen molar-refractivity contribution in [2.45, 2.75) is 12.3 Å². The minimum Gasteiger partial charge on any atom is -0.478 e. The summed E-state index contributed by atoms with van der Waals surface area (Å²) in [5.74, 6) is -1.62. The summed E-state index contributed by atoms with van der Waals surface area (Å²) in [6.45, 7) is 0. The molecule has 0 aliphatic carbocycles. The van der Waals surface area contributed by atoms with Crippen molar-refractivity contribution in [2.75, 3.05) is 0 Å². The Hall–Kier alpha value is -2.28. The number of hydrogen-bond donors (Lipinski definition) is 1. The average Bonchev–Trinajstić information content (AvgIpc) is 2.98. The average molecular weight is 326 g/mol. The lowest BCUT2D eigenvalue weighted by atomic mass is 9.98. The van der Waals surface area contributed by atoms with Crippen LogP contribution in [0, 0.1) is 0 Å². The molecule has 1 aromatic heterocycles. The fraction of sp³-hybridized carbons (Fsp3) is 0.133. The first-order valence-electron chi connectivity index (χ1n) is 6.21. The van der Waals surface area contributed by atoms with E-state index in [1.165, 1.54) is 17.4 Å². The normalized spacial score (nSPS) is 17.4. The van der Waals surface area contributed by atoms with Gasteiger partial charge in [0.1, 0.15) is 5.75 Å². The second-order valence-corrected chi connectivity index (χ2v) is 5.49. The first-order chi connectivity index (χ1) is 10.4. The molecule has 1 aromatic carbocycles. The zero-order valence-electron chi connectivity index (χ0n) is 10.9. The molecule has 114 valence electrons. The number of hydrogen-bond acceptors (Lipinski definition) is 3. The van der Waals surface area contributed by atoms with Crippen LogP contribution in [0.1, 0.15) is 5.56 Å². The van der Waals surface area contributed by atoms with Crippen LogP contribution in [-0.2, 0) is 4.79 Å². The van der Waals surface area contributed by atoms with Gasteiger partial charge in [-0.1, -0.05) is 6.07 Å². The lowest BCUT2D eigenvalue weighted by molar-refractivity contribution is -0.187. The Labute approximate surface area is 127 Å². The minimum atomic E-state index is -4.78. The van der Waals surface area contributed by atoms with Crippen molar-refractivity contribution in [3.63, 3.8) is 0 Å². The van der Waals surface area contributed by atoms with Crippen molar-refractivity contribution < 1.29 is 27.8 Å². The van der Waals surface area contributed by atoms with Crippen molar-refractivity contribution in [2.24, 2.45) is 0 Å². The van der Waals surface area contributed by atoms with Crippen molar-refractivity contribution in [1.29, 1.82) is 0 Å². The number of alkyl halides is 3. The maximum absolute atomic E-state index is 12.9. The predicted octanol–water partition coefficient (Wildman–Crippen LogP) is 4.21. The largest absolute Gasteiger partial charge is 0.478 e. The Morgan fingerprint density at radius 2 is 2.00 bits per heavy atom. The van der Waals surface area contributed by atoms with Gasteiger partial charge in [0.2, 0.25) is 6.10 Å². The van der Waals surface area contributed by atoms with Crippen molar-refractivity contribution >= 4 is 23.4 Å². The van der Waals surface area contributed by atoms with Crippen LogP contribution in [0.2, 0.25) is 0 Å². The van der Waals surface area contributed by atoms with Gasteiger partial charge in [0.15, 0.2) is 0 Å². The zero-order chi connectivity index (χ0) is 15.9. The molecule has 0 spiro atoms. The second-order valence-electron chi connectivity index (χ2n) is 4.71. The van der Waals surface area contributed by atoms with Gasteiger partial charge >= 0.3 is 12.1 Å². The van der Waals surface area contributed by atoms with Gasteiger partial charge in [0.05, 0.1) is 5.57 Å². The van der Waals surface area contributed by atoms with E-state index in [9.17, 15) is 18.0 Å². The quantitative estimate of drug-likeness (QED) is 0.899. The summed E-state index contributed by atoms with van der Waals surface area (Å²) in [4.78, 5) is 11.1. The summed E-state index contributed by atoms with van der Waals surface area (Å²) in [5, 5.41) is 12.8. The van der Waals surface area contributed by atoms with Gasteiger partial charge in [0, 0.05) is 5.56 Å². The molecule has 1 aliphatic heterocycles. The molecule has 1 atom stereocenters. The molecule has 0 saturated carbocycles. The monoisotopic (exact) mass is 326 g/mol. The molecule has 7 heteroatoms. The van der Waals surface area contributed by atoms with E-state index in [4.69, 9.17) is 9.84 Å². The van der Waals surface area contributed by atoms with E-state index in [-0.39, 0.29) is 5.75 Å². The maximum Gasteiger partial charge on any atom is 0.430 e. The first kappa shape index (κ1) is 14.6. The van der Waals surface area contributed by atoms with Crippen LogP contribution in [0.5, 0.6) is 5.75 Å². The van der Waals surface area contributed by atoms with E-state index in [0.29, 0.717) is 5.56 Å². The van der Waals surface area contributed by atoms with Gasteiger partial charge in [-0.25, -0.2) is 4.79 Å². The number of benzene rings is 1. The number of thiophene rings is 1. The highest BCUT2D eigenvalue weighted by Crippen LogP contribution is 2.39. The summed E-state index contributed by atoms with van der Waals surface area (Å²) in [5.41, 5.74) is 1.20. The molecule has 0 fully saturated rings. The van der Waals surface area contributed by atoms with E-state index in [2.05, 4.69) is 0 Å². The highest BCUT2D eigenvalue weighted by atomic mass is 32.1.